The van der Waals surface area contributed by atoms with Gasteiger partial charge in [0.25, 0.3) is 0 Å². The van der Waals surface area contributed by atoms with Crippen molar-refractivity contribution in [1.82, 2.24) is 0 Å². The molecular formula is C28H46O4. The van der Waals surface area contributed by atoms with Crippen LogP contribution in [0.1, 0.15) is 102 Å². The van der Waals surface area contributed by atoms with Gasteiger partial charge in [-0.15, -0.1) is 12.5 Å². The van der Waals surface area contributed by atoms with Crippen molar-refractivity contribution in [3.8, 4) is 17.6 Å². The summed E-state index contributed by atoms with van der Waals surface area (Å²) < 4.78 is 10.2. The van der Waals surface area contributed by atoms with Gasteiger partial charge in [-0.25, -0.2) is 0 Å². The Bertz CT molecular complexity index is 639. The minimum Gasteiger partial charge on any atom is -0.496 e. The Hall–Kier alpha value is -1.80. The van der Waals surface area contributed by atoms with Crippen LogP contribution < -0.4 is 4.74 Å². The predicted octanol–water partition coefficient (Wildman–Crippen LogP) is 6.74. The molecule has 1 heterocycles. The molecule has 1 unspecified atom stereocenters. The van der Waals surface area contributed by atoms with E-state index in [9.17, 15) is 5.11 Å². The molecule has 1 aromatic rings. The standard InChI is InChI=1S/C21H30O2.C5H10O2.C2H6/c1-4-6-7-8-9-10-11-12-16-20(22)18-15-13-17-21(23-3)19(18)14-5-2;6-5-3-1-2-4-7-5;1-2/h5,13,15,17,20,22H,2,4,6-11,14H2,1,3H3;5-6H,1-4H2;1-2H3/t20-;;/m0../s1. The van der Waals surface area contributed by atoms with Crippen molar-refractivity contribution in [2.24, 2.45) is 0 Å². The summed E-state index contributed by atoms with van der Waals surface area (Å²) in [6.45, 7) is 10.7. The summed E-state index contributed by atoms with van der Waals surface area (Å²) in [7, 11) is 1.64. The molecule has 2 rings (SSSR count). The molecule has 0 saturated carbocycles. The molecule has 1 saturated heterocycles. The van der Waals surface area contributed by atoms with Crippen LogP contribution in [0.15, 0.2) is 30.9 Å². The minimum atomic E-state index is -0.764. The van der Waals surface area contributed by atoms with Gasteiger partial charge in [-0.05, 0) is 43.7 Å². The number of methoxy groups -OCH3 is 1. The van der Waals surface area contributed by atoms with Crippen molar-refractivity contribution in [3.05, 3.63) is 42.0 Å². The summed E-state index contributed by atoms with van der Waals surface area (Å²) in [5, 5.41) is 19.0. The minimum absolute atomic E-state index is 0.464. The number of allylic oxidation sites excluding steroid dienone is 1. The highest BCUT2D eigenvalue weighted by atomic mass is 16.6. The van der Waals surface area contributed by atoms with Crippen molar-refractivity contribution in [2.45, 2.75) is 104 Å². The third kappa shape index (κ3) is 13.6. The van der Waals surface area contributed by atoms with E-state index in [0.29, 0.717) is 6.42 Å². The zero-order chi connectivity index (χ0) is 24.0. The van der Waals surface area contributed by atoms with Crippen LogP contribution in [0.2, 0.25) is 0 Å². The Morgan fingerprint density at radius 2 is 1.91 bits per heavy atom. The van der Waals surface area contributed by atoms with Gasteiger partial charge in [0.05, 0.1) is 7.11 Å². The lowest BCUT2D eigenvalue weighted by Gasteiger charge is -2.16. The van der Waals surface area contributed by atoms with E-state index in [1.807, 2.05) is 38.1 Å². The van der Waals surface area contributed by atoms with Gasteiger partial charge in [0, 0.05) is 18.6 Å². The molecule has 0 bridgehead atoms. The van der Waals surface area contributed by atoms with E-state index < -0.39 is 12.4 Å². The third-order valence-corrected chi connectivity index (χ3v) is 5.08. The molecule has 1 aromatic carbocycles. The normalized spacial score (nSPS) is 15.6. The largest absolute Gasteiger partial charge is 0.496 e. The SMILES string of the molecule is C=CCc1c(OC)cccc1[C@@H](O)C#CCCCCCCCC.CC.OC1CCCCO1. The second kappa shape index (κ2) is 21.1. The number of ether oxygens (including phenoxy) is 2. The molecule has 1 aliphatic heterocycles. The molecule has 0 amide bonds. The van der Waals surface area contributed by atoms with E-state index >= 15 is 0 Å². The van der Waals surface area contributed by atoms with E-state index in [2.05, 4.69) is 25.3 Å². The molecule has 4 nitrogen and oxygen atoms in total. The molecule has 0 aromatic heterocycles. The van der Waals surface area contributed by atoms with Crippen molar-refractivity contribution in [3.63, 3.8) is 0 Å². The van der Waals surface area contributed by atoms with Gasteiger partial charge in [-0.1, -0.05) is 77.0 Å². The zero-order valence-corrected chi connectivity index (χ0v) is 20.9. The summed E-state index contributed by atoms with van der Waals surface area (Å²) in [6, 6.07) is 5.70. The highest BCUT2D eigenvalue weighted by Gasteiger charge is 2.13. The monoisotopic (exact) mass is 446 g/mol. The van der Waals surface area contributed by atoms with Gasteiger partial charge >= 0.3 is 0 Å². The lowest BCUT2D eigenvalue weighted by molar-refractivity contribution is -0.123. The van der Waals surface area contributed by atoms with Crippen LogP contribution in [0, 0.1) is 11.8 Å². The quantitative estimate of drug-likeness (QED) is 0.237. The van der Waals surface area contributed by atoms with Gasteiger partial charge in [-0.2, -0.15) is 0 Å². The summed E-state index contributed by atoms with van der Waals surface area (Å²) in [4.78, 5) is 0. The molecule has 2 N–H and O–H groups in total. The second-order valence-corrected chi connectivity index (χ2v) is 7.58. The summed E-state index contributed by atoms with van der Waals surface area (Å²) in [6.07, 6.45) is 12.7. The highest BCUT2D eigenvalue weighted by molar-refractivity contribution is 5.44. The molecule has 1 aliphatic rings. The molecule has 1 fully saturated rings. The number of hydrogen-bond donors (Lipinski definition) is 2. The number of unbranched alkanes of at least 4 members (excludes halogenated alkanes) is 6. The highest BCUT2D eigenvalue weighted by Crippen LogP contribution is 2.27. The van der Waals surface area contributed by atoms with Gasteiger partial charge in [0.2, 0.25) is 0 Å². The average molecular weight is 447 g/mol. The Balaban J connectivity index is 0.000000889. The van der Waals surface area contributed by atoms with E-state index in [-0.39, 0.29) is 0 Å². The van der Waals surface area contributed by atoms with Crippen molar-refractivity contribution in [2.75, 3.05) is 13.7 Å². The van der Waals surface area contributed by atoms with Crippen LogP contribution in [-0.2, 0) is 11.2 Å². The fraction of sp³-hybridized carbons (Fsp3) is 0.643. The van der Waals surface area contributed by atoms with E-state index in [0.717, 1.165) is 55.6 Å². The Kier molecular flexibility index (Phi) is 19.9. The fourth-order valence-electron chi connectivity index (χ4n) is 3.36. The first-order chi connectivity index (χ1) is 15.6. The van der Waals surface area contributed by atoms with E-state index in [4.69, 9.17) is 14.6 Å². The van der Waals surface area contributed by atoms with Gasteiger partial charge < -0.3 is 19.7 Å². The van der Waals surface area contributed by atoms with Crippen LogP contribution in [0.25, 0.3) is 0 Å². The number of rotatable bonds is 10. The Labute approximate surface area is 197 Å². The van der Waals surface area contributed by atoms with Crippen LogP contribution in [-0.4, -0.2) is 30.2 Å². The van der Waals surface area contributed by atoms with Crippen LogP contribution >= 0.6 is 0 Å². The number of hydrogen-bond acceptors (Lipinski definition) is 4. The maximum Gasteiger partial charge on any atom is 0.154 e. The molecule has 4 heteroatoms. The summed E-state index contributed by atoms with van der Waals surface area (Å²) >= 11 is 0. The number of benzene rings is 1. The van der Waals surface area contributed by atoms with E-state index in [1.54, 1.807) is 7.11 Å². The van der Waals surface area contributed by atoms with Crippen LogP contribution in [0.4, 0.5) is 0 Å². The van der Waals surface area contributed by atoms with E-state index in [1.165, 1.54) is 32.1 Å². The van der Waals surface area contributed by atoms with Gasteiger partial charge in [-0.3, -0.25) is 0 Å². The predicted molar refractivity (Wildman–Crippen MR) is 135 cm³/mol. The van der Waals surface area contributed by atoms with Gasteiger partial charge in [0.15, 0.2) is 6.29 Å². The van der Waals surface area contributed by atoms with Gasteiger partial charge in [0.1, 0.15) is 11.9 Å². The average Bonchev–Trinajstić information content (AvgIpc) is 2.83. The second-order valence-electron chi connectivity index (χ2n) is 7.58. The molecule has 2 atom stereocenters. The van der Waals surface area contributed by atoms with Crippen molar-refractivity contribution in [1.29, 1.82) is 0 Å². The molecule has 0 spiro atoms. The molecule has 32 heavy (non-hydrogen) atoms. The molecule has 0 radical (unpaired) electrons. The zero-order valence-electron chi connectivity index (χ0n) is 20.9. The Morgan fingerprint density at radius 3 is 2.47 bits per heavy atom. The van der Waals surface area contributed by atoms with Crippen molar-refractivity contribution >= 4 is 0 Å². The first kappa shape index (κ1) is 30.2. The first-order valence-electron chi connectivity index (χ1n) is 12.4. The Morgan fingerprint density at radius 1 is 1.19 bits per heavy atom. The fourth-order valence-corrected chi connectivity index (χ4v) is 3.36. The molecule has 0 aliphatic carbocycles. The topological polar surface area (TPSA) is 58.9 Å². The maximum atomic E-state index is 10.4. The summed E-state index contributed by atoms with van der Waals surface area (Å²) in [5.41, 5.74) is 1.78. The maximum absolute atomic E-state index is 10.4. The lowest BCUT2D eigenvalue weighted by Crippen LogP contribution is -2.17. The lowest BCUT2D eigenvalue weighted by atomic mass is 9.98. The third-order valence-electron chi connectivity index (χ3n) is 5.08. The van der Waals surface area contributed by atoms with Crippen LogP contribution in [0.3, 0.4) is 0 Å². The number of aliphatic hydroxyl groups is 2. The summed E-state index contributed by atoms with van der Waals surface area (Å²) in [5.74, 6) is 6.86. The smallest absolute Gasteiger partial charge is 0.154 e. The first-order valence-corrected chi connectivity index (χ1v) is 12.4. The molecule has 182 valence electrons. The van der Waals surface area contributed by atoms with Crippen molar-refractivity contribution < 1.29 is 19.7 Å². The molecular weight excluding hydrogens is 400 g/mol. The van der Waals surface area contributed by atoms with Crippen LogP contribution in [0.5, 0.6) is 5.75 Å². The number of aliphatic hydroxyl groups excluding tert-OH is 2.